The van der Waals surface area contributed by atoms with E-state index < -0.39 is 0 Å². The maximum atomic E-state index is 6.28. The molecule has 29 heavy (non-hydrogen) atoms. The van der Waals surface area contributed by atoms with Gasteiger partial charge < -0.3 is 14.5 Å². The average molecular weight is 426 g/mol. The number of methoxy groups -OCH3 is 1. The smallest absolute Gasteiger partial charge is 0.249 e. The van der Waals surface area contributed by atoms with Gasteiger partial charge in [-0.05, 0) is 35.9 Å². The van der Waals surface area contributed by atoms with Crippen LogP contribution in [0, 0.1) is 0 Å². The first-order chi connectivity index (χ1) is 14.2. The van der Waals surface area contributed by atoms with Crippen molar-refractivity contribution in [3.63, 3.8) is 0 Å². The number of benzene rings is 3. The number of rotatable bonds is 6. The summed E-state index contributed by atoms with van der Waals surface area (Å²) in [4.78, 5) is 0. The maximum absolute atomic E-state index is 6.28. The van der Waals surface area contributed by atoms with Crippen LogP contribution in [0.3, 0.4) is 0 Å². The highest BCUT2D eigenvalue weighted by Gasteiger charge is 2.22. The molecule has 0 aliphatic heterocycles. The highest BCUT2D eigenvalue weighted by atomic mass is 35.5. The minimum absolute atomic E-state index is 0.362. The molecule has 0 aliphatic carbocycles. The van der Waals surface area contributed by atoms with Crippen LogP contribution in [-0.2, 0) is 0 Å². The largest absolute Gasteiger partial charge is 0.495 e. The second kappa shape index (κ2) is 8.55. The molecule has 0 saturated carbocycles. The molecule has 1 N–H and O–H groups in total. The van der Waals surface area contributed by atoms with Crippen molar-refractivity contribution in [2.45, 2.75) is 6.04 Å². The molecule has 0 saturated heterocycles. The Kier molecular flexibility index (Phi) is 5.69. The van der Waals surface area contributed by atoms with E-state index in [1.807, 2.05) is 54.6 Å². The highest BCUT2D eigenvalue weighted by molar-refractivity contribution is 6.33. The summed E-state index contributed by atoms with van der Waals surface area (Å²) in [7, 11) is 1.58. The van der Waals surface area contributed by atoms with E-state index in [0.29, 0.717) is 33.1 Å². The van der Waals surface area contributed by atoms with Crippen molar-refractivity contribution in [3.8, 4) is 17.2 Å². The molecule has 0 unspecified atom stereocenters. The summed E-state index contributed by atoms with van der Waals surface area (Å²) in [6.07, 6.45) is 0. The Morgan fingerprint density at radius 1 is 0.897 bits per heavy atom. The topological polar surface area (TPSA) is 60.2 Å². The Labute approximate surface area is 178 Å². The summed E-state index contributed by atoms with van der Waals surface area (Å²) in [5.41, 5.74) is 2.45. The molecule has 7 heteroatoms. The van der Waals surface area contributed by atoms with Crippen molar-refractivity contribution in [1.29, 1.82) is 0 Å². The lowest BCUT2D eigenvalue weighted by Crippen LogP contribution is -2.13. The van der Waals surface area contributed by atoms with Crippen molar-refractivity contribution >= 4 is 28.9 Å². The molecule has 0 spiro atoms. The van der Waals surface area contributed by atoms with Crippen LogP contribution < -0.4 is 10.1 Å². The van der Waals surface area contributed by atoms with Gasteiger partial charge in [-0.2, -0.15) is 0 Å². The molecule has 5 nitrogen and oxygen atoms in total. The van der Waals surface area contributed by atoms with Gasteiger partial charge in [0, 0.05) is 5.69 Å². The van der Waals surface area contributed by atoms with Gasteiger partial charge in [0.15, 0.2) is 0 Å². The fourth-order valence-corrected chi connectivity index (χ4v) is 3.42. The molecular formula is C22H17Cl2N3O2. The lowest BCUT2D eigenvalue weighted by Gasteiger charge is -2.17. The second-order valence-electron chi connectivity index (χ2n) is 6.26. The van der Waals surface area contributed by atoms with Gasteiger partial charge in [0.2, 0.25) is 11.8 Å². The Morgan fingerprint density at radius 2 is 1.66 bits per heavy atom. The van der Waals surface area contributed by atoms with E-state index in [9.17, 15) is 0 Å². The predicted molar refractivity (Wildman–Crippen MR) is 115 cm³/mol. The fourth-order valence-electron chi connectivity index (χ4n) is 2.95. The third-order valence-corrected chi connectivity index (χ3v) is 5.01. The molecule has 0 aliphatic rings. The minimum Gasteiger partial charge on any atom is -0.495 e. The van der Waals surface area contributed by atoms with Crippen molar-refractivity contribution in [3.05, 3.63) is 94.3 Å². The minimum atomic E-state index is -0.371. The number of ether oxygens (including phenoxy) is 1. The van der Waals surface area contributed by atoms with Crippen LogP contribution in [0.4, 0.5) is 5.69 Å². The molecule has 1 heterocycles. The summed E-state index contributed by atoms with van der Waals surface area (Å²) in [6, 6.07) is 22.3. The van der Waals surface area contributed by atoms with Crippen LogP contribution in [0.15, 0.2) is 77.2 Å². The van der Waals surface area contributed by atoms with Crippen LogP contribution in [-0.4, -0.2) is 17.3 Å². The molecule has 0 radical (unpaired) electrons. The number of hydrogen-bond acceptors (Lipinski definition) is 5. The van der Waals surface area contributed by atoms with Crippen LogP contribution in [0.2, 0.25) is 10.0 Å². The summed E-state index contributed by atoms with van der Waals surface area (Å²) in [5, 5.41) is 12.9. The number of anilines is 1. The molecule has 1 atom stereocenters. The SMILES string of the molecule is COc1ccc(N[C@H](c2ccccc2)c2nnc(-c3ccccc3Cl)o2)cc1Cl. The van der Waals surface area contributed by atoms with Gasteiger partial charge in [-0.25, -0.2) is 0 Å². The van der Waals surface area contributed by atoms with Gasteiger partial charge in [-0.15, -0.1) is 10.2 Å². The Hall–Kier alpha value is -3.02. The van der Waals surface area contributed by atoms with Gasteiger partial charge in [-0.1, -0.05) is 65.7 Å². The van der Waals surface area contributed by atoms with Gasteiger partial charge in [-0.3, -0.25) is 0 Å². The molecule has 1 aromatic heterocycles. The zero-order valence-corrected chi connectivity index (χ0v) is 17.0. The number of nitrogens with zero attached hydrogens (tertiary/aromatic N) is 2. The summed E-state index contributed by atoms with van der Waals surface area (Å²) in [6.45, 7) is 0. The van der Waals surface area contributed by atoms with Crippen LogP contribution in [0.25, 0.3) is 11.5 Å². The van der Waals surface area contributed by atoms with E-state index in [2.05, 4.69) is 15.5 Å². The zero-order valence-electron chi connectivity index (χ0n) is 15.5. The lowest BCUT2D eigenvalue weighted by atomic mass is 10.1. The summed E-state index contributed by atoms with van der Waals surface area (Å²) in [5.74, 6) is 1.38. The van der Waals surface area contributed by atoms with Crippen LogP contribution in [0.1, 0.15) is 17.5 Å². The van der Waals surface area contributed by atoms with E-state index in [4.69, 9.17) is 32.4 Å². The highest BCUT2D eigenvalue weighted by Crippen LogP contribution is 2.33. The zero-order chi connectivity index (χ0) is 20.2. The standard InChI is InChI=1S/C22H17Cl2N3O2/c1-28-19-12-11-15(13-18(19)24)25-20(14-7-3-2-4-8-14)22-27-26-21(29-22)16-9-5-6-10-17(16)23/h2-13,20,25H,1H3/t20-/m1/s1. The number of hydrogen-bond donors (Lipinski definition) is 1. The Balaban J connectivity index is 1.71. The van der Waals surface area contributed by atoms with Gasteiger partial charge in [0.25, 0.3) is 0 Å². The van der Waals surface area contributed by atoms with Crippen molar-refractivity contribution in [2.75, 3.05) is 12.4 Å². The van der Waals surface area contributed by atoms with Gasteiger partial charge in [0.05, 0.1) is 22.7 Å². The third-order valence-electron chi connectivity index (χ3n) is 4.39. The molecule has 0 amide bonds. The molecular weight excluding hydrogens is 409 g/mol. The second-order valence-corrected chi connectivity index (χ2v) is 7.08. The normalized spacial score (nSPS) is 11.8. The number of aromatic nitrogens is 2. The Bertz CT molecular complexity index is 1120. The lowest BCUT2D eigenvalue weighted by molar-refractivity contribution is 0.415. The van der Waals surface area contributed by atoms with E-state index >= 15 is 0 Å². The van der Waals surface area contributed by atoms with E-state index in [1.165, 1.54) is 0 Å². The first kappa shape index (κ1) is 19.3. The van der Waals surface area contributed by atoms with Crippen molar-refractivity contribution < 1.29 is 9.15 Å². The quantitative estimate of drug-likeness (QED) is 0.395. The monoisotopic (exact) mass is 425 g/mol. The molecule has 0 bridgehead atoms. The fraction of sp³-hybridized carbons (Fsp3) is 0.0909. The van der Waals surface area contributed by atoms with E-state index in [-0.39, 0.29) is 6.04 Å². The average Bonchev–Trinajstić information content (AvgIpc) is 3.23. The first-order valence-electron chi connectivity index (χ1n) is 8.89. The number of halogens is 2. The molecule has 4 rings (SSSR count). The molecule has 3 aromatic carbocycles. The van der Waals surface area contributed by atoms with Gasteiger partial charge >= 0.3 is 0 Å². The first-order valence-corrected chi connectivity index (χ1v) is 9.64. The number of nitrogens with one attached hydrogen (secondary N) is 1. The van der Waals surface area contributed by atoms with E-state index in [1.54, 1.807) is 25.3 Å². The predicted octanol–water partition coefficient (Wildman–Crippen LogP) is 6.25. The molecule has 146 valence electrons. The molecule has 0 fully saturated rings. The third kappa shape index (κ3) is 4.21. The summed E-state index contributed by atoms with van der Waals surface area (Å²) < 4.78 is 11.2. The van der Waals surface area contributed by atoms with Crippen molar-refractivity contribution in [2.24, 2.45) is 0 Å². The summed E-state index contributed by atoms with van der Waals surface area (Å²) >= 11 is 12.5. The Morgan fingerprint density at radius 3 is 2.38 bits per heavy atom. The van der Waals surface area contributed by atoms with Crippen molar-refractivity contribution in [1.82, 2.24) is 10.2 Å². The van der Waals surface area contributed by atoms with Crippen LogP contribution >= 0.6 is 23.2 Å². The van der Waals surface area contributed by atoms with Crippen LogP contribution in [0.5, 0.6) is 5.75 Å². The van der Waals surface area contributed by atoms with Gasteiger partial charge in [0.1, 0.15) is 11.8 Å². The van der Waals surface area contributed by atoms with E-state index in [0.717, 1.165) is 11.3 Å². The maximum Gasteiger partial charge on any atom is 0.249 e. The molecule has 4 aromatic rings.